The van der Waals surface area contributed by atoms with E-state index >= 15 is 0 Å². The van der Waals surface area contributed by atoms with Crippen molar-refractivity contribution >= 4 is 0 Å². The summed E-state index contributed by atoms with van der Waals surface area (Å²) in [4.78, 5) is 0. The maximum Gasteiger partial charge on any atom is 0.391 e. The van der Waals surface area contributed by atoms with Crippen molar-refractivity contribution in [1.82, 2.24) is 5.32 Å². The second-order valence-electron chi connectivity index (χ2n) is 5.44. The molecular weight excluding hydrogens is 279 g/mol. The van der Waals surface area contributed by atoms with Crippen LogP contribution < -0.4 is 5.32 Å². The molecule has 2 nitrogen and oxygen atoms in total. The van der Waals surface area contributed by atoms with E-state index in [4.69, 9.17) is 4.74 Å². The molecule has 0 heterocycles. The van der Waals surface area contributed by atoms with Crippen LogP contribution in [0.1, 0.15) is 43.4 Å². The van der Waals surface area contributed by atoms with Gasteiger partial charge in [-0.15, -0.1) is 0 Å². The minimum atomic E-state index is -4.15. The van der Waals surface area contributed by atoms with E-state index in [0.29, 0.717) is 0 Å². The van der Waals surface area contributed by atoms with Crippen molar-refractivity contribution in [3.8, 4) is 0 Å². The molecule has 1 aromatic carbocycles. The van der Waals surface area contributed by atoms with Crippen LogP contribution in [0.25, 0.3) is 0 Å². The summed E-state index contributed by atoms with van der Waals surface area (Å²) in [6, 6.07) is 8.09. The summed E-state index contributed by atoms with van der Waals surface area (Å²) in [5, 5.41) is 3.42. The van der Waals surface area contributed by atoms with Crippen molar-refractivity contribution in [2.24, 2.45) is 0 Å². The fourth-order valence-corrected chi connectivity index (χ4v) is 2.78. The SMILES string of the molecule is CCCNC1c2ccccc2CCC1OCCC(F)(F)F. The fourth-order valence-electron chi connectivity index (χ4n) is 2.78. The molecule has 0 radical (unpaired) electrons. The molecule has 21 heavy (non-hydrogen) atoms. The highest BCUT2D eigenvalue weighted by Gasteiger charge is 2.32. The Morgan fingerprint density at radius 2 is 2.05 bits per heavy atom. The lowest BCUT2D eigenvalue weighted by atomic mass is 9.85. The fraction of sp³-hybridized carbons (Fsp3) is 0.625. The third-order valence-electron chi connectivity index (χ3n) is 3.79. The Bertz CT molecular complexity index is 447. The molecule has 0 spiro atoms. The van der Waals surface area contributed by atoms with Gasteiger partial charge in [0.2, 0.25) is 0 Å². The highest BCUT2D eigenvalue weighted by Crippen LogP contribution is 2.32. The second kappa shape index (κ2) is 7.27. The van der Waals surface area contributed by atoms with Gasteiger partial charge in [0.05, 0.1) is 25.2 Å². The summed E-state index contributed by atoms with van der Waals surface area (Å²) in [5.74, 6) is 0. The van der Waals surface area contributed by atoms with Crippen molar-refractivity contribution < 1.29 is 17.9 Å². The Labute approximate surface area is 123 Å². The summed E-state index contributed by atoms with van der Waals surface area (Å²) >= 11 is 0. The number of halogens is 3. The Kier molecular flexibility index (Phi) is 5.65. The Hall–Kier alpha value is -1.07. The lowest BCUT2D eigenvalue weighted by Crippen LogP contribution is -2.38. The lowest BCUT2D eigenvalue weighted by molar-refractivity contribution is -0.151. The zero-order chi connectivity index (χ0) is 15.3. The maximum absolute atomic E-state index is 12.3. The van der Waals surface area contributed by atoms with Gasteiger partial charge in [0.15, 0.2) is 0 Å². The molecule has 1 aromatic rings. The number of benzene rings is 1. The van der Waals surface area contributed by atoms with Crippen LogP contribution in [-0.2, 0) is 11.2 Å². The molecule has 1 N–H and O–H groups in total. The lowest BCUT2D eigenvalue weighted by Gasteiger charge is -2.34. The van der Waals surface area contributed by atoms with Crippen LogP contribution in [0, 0.1) is 0 Å². The van der Waals surface area contributed by atoms with Crippen LogP contribution >= 0.6 is 0 Å². The number of ether oxygens (including phenoxy) is 1. The summed E-state index contributed by atoms with van der Waals surface area (Å²) in [6.07, 6.45) is -2.62. The first-order valence-electron chi connectivity index (χ1n) is 7.51. The van der Waals surface area contributed by atoms with E-state index in [0.717, 1.165) is 31.4 Å². The summed E-state index contributed by atoms with van der Waals surface area (Å²) in [5.41, 5.74) is 2.43. The maximum atomic E-state index is 12.3. The van der Waals surface area contributed by atoms with Gasteiger partial charge in [-0.1, -0.05) is 31.2 Å². The van der Waals surface area contributed by atoms with Gasteiger partial charge in [-0.2, -0.15) is 13.2 Å². The topological polar surface area (TPSA) is 21.3 Å². The third-order valence-corrected chi connectivity index (χ3v) is 3.79. The van der Waals surface area contributed by atoms with Crippen LogP contribution in [0.5, 0.6) is 0 Å². The second-order valence-corrected chi connectivity index (χ2v) is 5.44. The summed E-state index contributed by atoms with van der Waals surface area (Å²) < 4.78 is 42.3. The van der Waals surface area contributed by atoms with E-state index in [9.17, 15) is 13.2 Å². The Morgan fingerprint density at radius 1 is 1.29 bits per heavy atom. The van der Waals surface area contributed by atoms with Gasteiger partial charge in [0.25, 0.3) is 0 Å². The van der Waals surface area contributed by atoms with E-state index in [2.05, 4.69) is 18.3 Å². The van der Waals surface area contributed by atoms with E-state index < -0.39 is 12.6 Å². The zero-order valence-electron chi connectivity index (χ0n) is 12.2. The van der Waals surface area contributed by atoms with Gasteiger partial charge >= 0.3 is 6.18 Å². The van der Waals surface area contributed by atoms with Crippen molar-refractivity contribution in [3.05, 3.63) is 35.4 Å². The van der Waals surface area contributed by atoms with E-state index in [1.54, 1.807) is 0 Å². The molecule has 5 heteroatoms. The minimum Gasteiger partial charge on any atom is -0.376 e. The van der Waals surface area contributed by atoms with Crippen molar-refractivity contribution in [2.45, 2.75) is 50.9 Å². The number of alkyl halides is 3. The molecule has 0 bridgehead atoms. The number of aryl methyl sites for hydroxylation is 1. The molecule has 0 aromatic heterocycles. The molecular formula is C16H22F3NO. The van der Waals surface area contributed by atoms with Gasteiger partial charge in [-0.05, 0) is 36.9 Å². The average Bonchev–Trinajstić information content (AvgIpc) is 2.44. The molecule has 1 aliphatic carbocycles. The van der Waals surface area contributed by atoms with Crippen molar-refractivity contribution in [2.75, 3.05) is 13.2 Å². The largest absolute Gasteiger partial charge is 0.391 e. The molecule has 0 amide bonds. The predicted octanol–water partition coefficient (Wildman–Crippen LogP) is 4.01. The molecule has 1 aliphatic rings. The van der Waals surface area contributed by atoms with E-state index in [1.807, 2.05) is 18.2 Å². The molecule has 2 rings (SSSR count). The molecule has 2 unspecified atom stereocenters. The van der Waals surface area contributed by atoms with E-state index in [1.165, 1.54) is 5.56 Å². The highest BCUT2D eigenvalue weighted by atomic mass is 19.4. The first kappa shape index (κ1) is 16.3. The molecule has 0 aliphatic heterocycles. The van der Waals surface area contributed by atoms with Gasteiger partial charge in [-0.3, -0.25) is 0 Å². The summed E-state index contributed by atoms with van der Waals surface area (Å²) in [6.45, 7) is 2.64. The number of hydrogen-bond donors (Lipinski definition) is 1. The third kappa shape index (κ3) is 4.71. The van der Waals surface area contributed by atoms with Crippen LogP contribution in [0.15, 0.2) is 24.3 Å². The molecule has 118 valence electrons. The first-order valence-corrected chi connectivity index (χ1v) is 7.51. The summed E-state index contributed by atoms with van der Waals surface area (Å²) in [7, 11) is 0. The van der Waals surface area contributed by atoms with Crippen LogP contribution in [0.2, 0.25) is 0 Å². The highest BCUT2D eigenvalue weighted by molar-refractivity contribution is 5.33. The number of hydrogen-bond acceptors (Lipinski definition) is 2. The smallest absolute Gasteiger partial charge is 0.376 e. The Balaban J connectivity index is 2.03. The van der Waals surface area contributed by atoms with Gasteiger partial charge in [0.1, 0.15) is 0 Å². The first-order chi connectivity index (χ1) is 10.0. The van der Waals surface area contributed by atoms with Crippen LogP contribution in [0.3, 0.4) is 0 Å². The van der Waals surface area contributed by atoms with Gasteiger partial charge in [-0.25, -0.2) is 0 Å². The van der Waals surface area contributed by atoms with Crippen LogP contribution in [-0.4, -0.2) is 25.4 Å². The van der Waals surface area contributed by atoms with Crippen molar-refractivity contribution in [3.63, 3.8) is 0 Å². The normalized spacial score (nSPS) is 22.1. The standard InChI is InChI=1S/C16H22F3NO/c1-2-10-20-15-13-6-4-3-5-12(13)7-8-14(15)21-11-9-16(17,18)19/h3-6,14-15,20H,2,7-11H2,1H3. The van der Waals surface area contributed by atoms with Gasteiger partial charge < -0.3 is 10.1 Å². The quantitative estimate of drug-likeness (QED) is 0.857. The number of rotatable bonds is 6. The minimum absolute atomic E-state index is 0.0110. The van der Waals surface area contributed by atoms with Crippen LogP contribution in [0.4, 0.5) is 13.2 Å². The molecule has 0 saturated heterocycles. The van der Waals surface area contributed by atoms with Gasteiger partial charge in [0, 0.05) is 0 Å². The Morgan fingerprint density at radius 3 is 2.76 bits per heavy atom. The zero-order valence-corrected chi connectivity index (χ0v) is 12.2. The number of nitrogens with one attached hydrogen (secondary N) is 1. The van der Waals surface area contributed by atoms with E-state index in [-0.39, 0.29) is 18.8 Å². The molecule has 0 saturated carbocycles. The average molecular weight is 301 g/mol. The number of fused-ring (bicyclic) bond motifs is 1. The molecule has 0 fully saturated rings. The van der Waals surface area contributed by atoms with Crippen molar-refractivity contribution in [1.29, 1.82) is 0 Å². The predicted molar refractivity (Wildman–Crippen MR) is 76.2 cm³/mol. The monoisotopic (exact) mass is 301 g/mol. The molecule has 2 atom stereocenters.